The molecule has 0 spiro atoms. The lowest BCUT2D eigenvalue weighted by molar-refractivity contribution is -0.140. The van der Waals surface area contributed by atoms with Gasteiger partial charge in [0.05, 0.1) is 11.7 Å². The van der Waals surface area contributed by atoms with Crippen molar-refractivity contribution in [3.8, 4) is 0 Å². The van der Waals surface area contributed by atoms with E-state index >= 15 is 0 Å². The molecule has 0 aliphatic rings. The van der Waals surface area contributed by atoms with E-state index in [9.17, 15) is 9.00 Å². The SMILES string of the molecule is Cc1csc(CS(=O)CC(C)C(=O)O)n1. The fraction of sp³-hybridized carbons (Fsp3) is 0.556. The zero-order valence-corrected chi connectivity index (χ0v) is 10.2. The summed E-state index contributed by atoms with van der Waals surface area (Å²) < 4.78 is 11.6. The number of carboxylic acids is 1. The minimum atomic E-state index is -1.14. The molecule has 0 aromatic carbocycles. The molecule has 1 aromatic rings. The van der Waals surface area contributed by atoms with Crippen LogP contribution in [0.2, 0.25) is 0 Å². The zero-order chi connectivity index (χ0) is 11.4. The van der Waals surface area contributed by atoms with Crippen molar-refractivity contribution in [1.29, 1.82) is 0 Å². The molecule has 15 heavy (non-hydrogen) atoms. The predicted octanol–water partition coefficient (Wildman–Crippen LogP) is 1.42. The second kappa shape index (κ2) is 5.37. The summed E-state index contributed by atoms with van der Waals surface area (Å²) in [6, 6.07) is 0. The van der Waals surface area contributed by atoms with Crippen LogP contribution in [0.1, 0.15) is 17.6 Å². The van der Waals surface area contributed by atoms with E-state index in [-0.39, 0.29) is 5.75 Å². The van der Waals surface area contributed by atoms with Crippen molar-refractivity contribution in [3.05, 3.63) is 16.1 Å². The van der Waals surface area contributed by atoms with E-state index in [2.05, 4.69) is 4.98 Å². The van der Waals surface area contributed by atoms with Crippen LogP contribution in [-0.2, 0) is 21.3 Å². The van der Waals surface area contributed by atoms with Gasteiger partial charge in [-0.2, -0.15) is 0 Å². The third kappa shape index (κ3) is 4.09. The first-order valence-corrected chi connectivity index (χ1v) is 6.84. The maximum Gasteiger partial charge on any atom is 0.307 e. The molecule has 0 aliphatic carbocycles. The van der Waals surface area contributed by atoms with Crippen molar-refractivity contribution in [1.82, 2.24) is 4.98 Å². The maximum absolute atomic E-state index is 11.6. The average molecular weight is 247 g/mol. The zero-order valence-electron chi connectivity index (χ0n) is 8.60. The van der Waals surface area contributed by atoms with E-state index in [0.717, 1.165) is 10.7 Å². The number of carbonyl (C=O) groups is 1. The van der Waals surface area contributed by atoms with Crippen LogP contribution in [0.25, 0.3) is 0 Å². The van der Waals surface area contributed by atoms with Crippen molar-refractivity contribution in [3.63, 3.8) is 0 Å². The molecule has 1 N–H and O–H groups in total. The molecule has 2 unspecified atom stereocenters. The Hall–Kier alpha value is -0.750. The van der Waals surface area contributed by atoms with E-state index in [0.29, 0.717) is 5.75 Å². The van der Waals surface area contributed by atoms with E-state index in [4.69, 9.17) is 5.11 Å². The minimum Gasteiger partial charge on any atom is -0.481 e. The number of carboxylic acid groups (broad SMARTS) is 1. The smallest absolute Gasteiger partial charge is 0.307 e. The van der Waals surface area contributed by atoms with Gasteiger partial charge >= 0.3 is 5.97 Å². The number of thiazole rings is 1. The van der Waals surface area contributed by atoms with Gasteiger partial charge in [-0.1, -0.05) is 6.92 Å². The van der Waals surface area contributed by atoms with Crippen LogP contribution in [0.15, 0.2) is 5.38 Å². The highest BCUT2D eigenvalue weighted by Crippen LogP contribution is 2.12. The molecule has 6 heteroatoms. The largest absolute Gasteiger partial charge is 0.481 e. The quantitative estimate of drug-likeness (QED) is 0.854. The first-order valence-electron chi connectivity index (χ1n) is 4.48. The topological polar surface area (TPSA) is 67.3 Å². The number of rotatable bonds is 5. The molecule has 1 aromatic heterocycles. The highest BCUT2D eigenvalue weighted by molar-refractivity contribution is 7.84. The highest BCUT2D eigenvalue weighted by atomic mass is 32.2. The van der Waals surface area contributed by atoms with E-state index in [1.54, 1.807) is 6.92 Å². The lowest BCUT2D eigenvalue weighted by atomic mass is 10.2. The van der Waals surface area contributed by atoms with Crippen molar-refractivity contribution in [2.24, 2.45) is 5.92 Å². The summed E-state index contributed by atoms with van der Waals surface area (Å²) in [5, 5.41) is 11.4. The molecule has 0 fully saturated rings. The third-order valence-electron chi connectivity index (χ3n) is 1.81. The molecule has 4 nitrogen and oxygen atoms in total. The molecular formula is C9H13NO3S2. The number of aryl methyl sites for hydroxylation is 1. The molecule has 1 heterocycles. The Morgan fingerprint density at radius 1 is 1.73 bits per heavy atom. The molecule has 0 bridgehead atoms. The van der Waals surface area contributed by atoms with Gasteiger partial charge in [0.25, 0.3) is 0 Å². The Morgan fingerprint density at radius 3 is 2.87 bits per heavy atom. The molecule has 0 radical (unpaired) electrons. The molecule has 0 saturated heterocycles. The van der Waals surface area contributed by atoms with Crippen LogP contribution in [0.5, 0.6) is 0 Å². The second-order valence-electron chi connectivity index (χ2n) is 3.37. The third-order valence-corrected chi connectivity index (χ3v) is 4.43. The van der Waals surface area contributed by atoms with Crippen molar-refractivity contribution < 1.29 is 14.1 Å². The Bertz CT molecular complexity index is 375. The highest BCUT2D eigenvalue weighted by Gasteiger charge is 2.15. The normalized spacial score (nSPS) is 14.8. The monoisotopic (exact) mass is 247 g/mol. The minimum absolute atomic E-state index is 0.188. The van der Waals surface area contributed by atoms with Crippen molar-refractivity contribution in [2.45, 2.75) is 19.6 Å². The van der Waals surface area contributed by atoms with Gasteiger partial charge in [0.1, 0.15) is 5.01 Å². The molecule has 2 atom stereocenters. The Labute approximate surface area is 94.8 Å². The Kier molecular flexibility index (Phi) is 4.41. The predicted molar refractivity (Wildman–Crippen MR) is 60.4 cm³/mol. The number of nitrogens with zero attached hydrogens (tertiary/aromatic N) is 1. The van der Waals surface area contributed by atoms with Crippen molar-refractivity contribution >= 4 is 28.1 Å². The van der Waals surface area contributed by atoms with E-state index < -0.39 is 22.7 Å². The summed E-state index contributed by atoms with van der Waals surface area (Å²) in [7, 11) is -1.14. The summed E-state index contributed by atoms with van der Waals surface area (Å²) in [5.74, 6) is -0.921. The molecule has 0 saturated carbocycles. The van der Waals surface area contributed by atoms with E-state index in [1.165, 1.54) is 11.3 Å². The van der Waals surface area contributed by atoms with Crippen LogP contribution in [0, 0.1) is 12.8 Å². The Balaban J connectivity index is 2.46. The van der Waals surface area contributed by atoms with Gasteiger partial charge < -0.3 is 5.11 Å². The van der Waals surface area contributed by atoms with Crippen LogP contribution in [-0.4, -0.2) is 26.0 Å². The van der Waals surface area contributed by atoms with Gasteiger partial charge in [0.15, 0.2) is 0 Å². The average Bonchev–Trinajstić information content (AvgIpc) is 2.50. The van der Waals surface area contributed by atoms with Crippen molar-refractivity contribution in [2.75, 3.05) is 5.75 Å². The molecule has 0 aliphatic heterocycles. The van der Waals surface area contributed by atoms with Gasteiger partial charge in [0.2, 0.25) is 0 Å². The van der Waals surface area contributed by atoms with Crippen LogP contribution in [0.3, 0.4) is 0 Å². The van der Waals surface area contributed by atoms with Crippen LogP contribution < -0.4 is 0 Å². The number of hydrogen-bond donors (Lipinski definition) is 1. The van der Waals surface area contributed by atoms with Crippen LogP contribution in [0.4, 0.5) is 0 Å². The van der Waals surface area contributed by atoms with Gasteiger partial charge in [-0.15, -0.1) is 11.3 Å². The first-order chi connectivity index (χ1) is 6.99. The van der Waals surface area contributed by atoms with E-state index in [1.807, 2.05) is 12.3 Å². The number of aliphatic carboxylic acids is 1. The first kappa shape index (κ1) is 12.3. The summed E-state index contributed by atoms with van der Waals surface area (Å²) >= 11 is 1.46. The lowest BCUT2D eigenvalue weighted by Crippen LogP contribution is -2.18. The van der Waals surface area contributed by atoms with Gasteiger partial charge in [-0.3, -0.25) is 9.00 Å². The summed E-state index contributed by atoms with van der Waals surface area (Å²) in [6.45, 7) is 3.44. The van der Waals surface area contributed by atoms with Gasteiger partial charge in [-0.25, -0.2) is 4.98 Å². The maximum atomic E-state index is 11.6. The molecular weight excluding hydrogens is 234 g/mol. The number of aromatic nitrogens is 1. The second-order valence-corrected chi connectivity index (χ2v) is 5.82. The summed E-state index contributed by atoms with van der Waals surface area (Å²) in [5.41, 5.74) is 0.915. The van der Waals surface area contributed by atoms with Gasteiger partial charge in [0, 0.05) is 27.6 Å². The molecule has 0 amide bonds. The fourth-order valence-electron chi connectivity index (χ4n) is 1.02. The summed E-state index contributed by atoms with van der Waals surface area (Å²) in [6.07, 6.45) is 0. The standard InChI is InChI=1S/C9H13NO3S2/c1-6(9(11)12)4-15(13)5-8-10-7(2)3-14-8/h3,6H,4-5H2,1-2H3,(H,11,12). The molecule has 84 valence electrons. The summed E-state index contributed by atoms with van der Waals surface area (Å²) in [4.78, 5) is 14.7. The lowest BCUT2D eigenvalue weighted by Gasteiger charge is -2.04. The number of hydrogen-bond acceptors (Lipinski definition) is 4. The fourth-order valence-corrected chi connectivity index (χ4v) is 3.40. The van der Waals surface area contributed by atoms with Gasteiger partial charge in [-0.05, 0) is 6.92 Å². The Morgan fingerprint density at radius 2 is 2.40 bits per heavy atom. The molecule has 1 rings (SSSR count). The van der Waals surface area contributed by atoms with Crippen LogP contribution >= 0.6 is 11.3 Å².